The number of nitro benzene ring substituents is 1. The zero-order chi connectivity index (χ0) is 16.2. The van der Waals surface area contributed by atoms with Crippen LogP contribution >= 0.6 is 11.9 Å². The fourth-order valence-electron chi connectivity index (χ4n) is 1.95. The van der Waals surface area contributed by atoms with E-state index >= 15 is 0 Å². The van der Waals surface area contributed by atoms with Gasteiger partial charge in [0.05, 0.1) is 10.6 Å². The van der Waals surface area contributed by atoms with Gasteiger partial charge in [-0.25, -0.2) is 4.40 Å². The van der Waals surface area contributed by atoms with Crippen molar-refractivity contribution in [3.63, 3.8) is 0 Å². The number of nitro groups is 1. The lowest BCUT2D eigenvalue weighted by molar-refractivity contribution is -0.384. The predicted octanol–water partition coefficient (Wildman–Crippen LogP) is 5.14. The summed E-state index contributed by atoms with van der Waals surface area (Å²) >= 11 is 1.34. The molecule has 0 unspecified atom stereocenters. The summed E-state index contributed by atoms with van der Waals surface area (Å²) in [5.41, 5.74) is 2.09. The van der Waals surface area contributed by atoms with Gasteiger partial charge in [-0.1, -0.05) is 51.1 Å². The molecule has 0 heterocycles. The van der Waals surface area contributed by atoms with Gasteiger partial charge in [0.15, 0.2) is 0 Å². The van der Waals surface area contributed by atoms with Crippen LogP contribution in [0, 0.1) is 15.5 Å². The van der Waals surface area contributed by atoms with Crippen LogP contribution in [0.3, 0.4) is 0 Å². The van der Waals surface area contributed by atoms with Gasteiger partial charge in [0.1, 0.15) is 0 Å². The van der Waals surface area contributed by atoms with Gasteiger partial charge in [0.25, 0.3) is 5.69 Å². The fourth-order valence-corrected chi connectivity index (χ4v) is 2.78. The Labute approximate surface area is 134 Å². The molecule has 114 valence electrons. The molecule has 0 bridgehead atoms. The van der Waals surface area contributed by atoms with Crippen molar-refractivity contribution < 1.29 is 4.92 Å². The molecule has 2 aromatic carbocycles. The zero-order valence-corrected chi connectivity index (χ0v) is 13.6. The second-order valence-corrected chi connectivity index (χ2v) is 6.73. The van der Waals surface area contributed by atoms with Gasteiger partial charge in [-0.15, -0.1) is 0 Å². The molecule has 0 N–H and O–H groups in total. The van der Waals surface area contributed by atoms with Crippen molar-refractivity contribution in [2.45, 2.75) is 25.7 Å². The van der Waals surface area contributed by atoms with Gasteiger partial charge in [0, 0.05) is 34.4 Å². The third-order valence-corrected chi connectivity index (χ3v) is 3.80. The van der Waals surface area contributed by atoms with Gasteiger partial charge in [-0.05, 0) is 17.7 Å². The summed E-state index contributed by atoms with van der Waals surface area (Å²) in [6.07, 6.45) is 0. The monoisotopic (exact) mass is 314 g/mol. The van der Waals surface area contributed by atoms with Crippen LogP contribution in [-0.2, 0) is 0 Å². The largest absolute Gasteiger partial charge is 0.269 e. The molecule has 5 heteroatoms. The predicted molar refractivity (Wildman–Crippen MR) is 91.4 cm³/mol. The van der Waals surface area contributed by atoms with Crippen LogP contribution in [0.1, 0.15) is 26.3 Å². The van der Waals surface area contributed by atoms with E-state index in [0.29, 0.717) is 0 Å². The highest BCUT2D eigenvalue weighted by molar-refractivity contribution is 7.98. The number of hydrogen-bond acceptors (Lipinski definition) is 4. The Hall–Kier alpha value is -2.14. The standard InChI is InChI=1S/C17H18N2O2S/c1-17(2,3)16(13-7-5-4-6-8-13)18-22-15-11-9-14(10-12-15)19(20)21/h4-12H,1-3H3/b18-16+. The van der Waals surface area contributed by atoms with Gasteiger partial charge < -0.3 is 0 Å². The molecular weight excluding hydrogens is 296 g/mol. The van der Waals surface area contributed by atoms with E-state index < -0.39 is 4.92 Å². The second-order valence-electron chi connectivity index (χ2n) is 5.90. The molecule has 0 atom stereocenters. The SMILES string of the molecule is CC(C)(C)/C(=N/Sc1ccc([N+](=O)[O-])cc1)c1ccccc1. The van der Waals surface area contributed by atoms with Crippen LogP contribution in [-0.4, -0.2) is 10.6 Å². The minimum atomic E-state index is -0.401. The van der Waals surface area contributed by atoms with Crippen LogP contribution in [0.4, 0.5) is 5.69 Å². The van der Waals surface area contributed by atoms with Crippen molar-refractivity contribution in [2.75, 3.05) is 0 Å². The summed E-state index contributed by atoms with van der Waals surface area (Å²) in [6.45, 7) is 6.36. The van der Waals surface area contributed by atoms with E-state index in [4.69, 9.17) is 0 Å². The van der Waals surface area contributed by atoms with Crippen molar-refractivity contribution in [3.8, 4) is 0 Å². The Morgan fingerprint density at radius 1 is 1.05 bits per heavy atom. The molecule has 0 fully saturated rings. The Morgan fingerprint density at radius 2 is 1.64 bits per heavy atom. The highest BCUT2D eigenvalue weighted by Crippen LogP contribution is 2.28. The first kappa shape index (κ1) is 16.2. The molecule has 0 saturated carbocycles. The summed E-state index contributed by atoms with van der Waals surface area (Å²) in [7, 11) is 0. The molecule has 2 rings (SSSR count). The Bertz CT molecular complexity index is 674. The van der Waals surface area contributed by atoms with Crippen molar-refractivity contribution >= 4 is 23.3 Å². The third kappa shape index (κ3) is 4.18. The quantitative estimate of drug-likeness (QED) is 0.340. The molecule has 0 saturated heterocycles. The first-order valence-corrected chi connectivity index (χ1v) is 7.70. The molecule has 0 aliphatic carbocycles. The van der Waals surface area contributed by atoms with Crippen molar-refractivity contribution in [2.24, 2.45) is 9.81 Å². The second kappa shape index (κ2) is 6.75. The van der Waals surface area contributed by atoms with Crippen LogP contribution in [0.5, 0.6) is 0 Å². The normalized spacial score (nSPS) is 12.2. The molecule has 0 spiro atoms. The van der Waals surface area contributed by atoms with Gasteiger partial charge >= 0.3 is 0 Å². The zero-order valence-electron chi connectivity index (χ0n) is 12.8. The van der Waals surface area contributed by atoms with Crippen LogP contribution in [0.2, 0.25) is 0 Å². The summed E-state index contributed by atoms with van der Waals surface area (Å²) in [5.74, 6) is 0. The van der Waals surface area contributed by atoms with Gasteiger partial charge in [0.2, 0.25) is 0 Å². The molecule has 0 aliphatic rings. The number of benzene rings is 2. The number of rotatable bonds is 4. The molecule has 4 nitrogen and oxygen atoms in total. The van der Waals surface area contributed by atoms with Gasteiger partial charge in [-0.2, -0.15) is 0 Å². The molecule has 2 aromatic rings. The van der Waals surface area contributed by atoms with E-state index in [1.54, 1.807) is 12.1 Å². The van der Waals surface area contributed by atoms with Crippen molar-refractivity contribution in [3.05, 3.63) is 70.3 Å². The lowest BCUT2D eigenvalue weighted by atomic mass is 9.86. The highest BCUT2D eigenvalue weighted by atomic mass is 32.2. The molecular formula is C17H18N2O2S. The van der Waals surface area contributed by atoms with Crippen molar-refractivity contribution in [1.82, 2.24) is 0 Å². The van der Waals surface area contributed by atoms with E-state index in [-0.39, 0.29) is 11.1 Å². The first-order valence-electron chi connectivity index (χ1n) is 6.93. The third-order valence-electron chi connectivity index (χ3n) is 3.05. The smallest absolute Gasteiger partial charge is 0.258 e. The average Bonchev–Trinajstić information content (AvgIpc) is 2.47. The van der Waals surface area contributed by atoms with Crippen LogP contribution in [0.15, 0.2) is 63.9 Å². The maximum Gasteiger partial charge on any atom is 0.269 e. The molecule has 0 aromatic heterocycles. The Morgan fingerprint density at radius 3 is 2.14 bits per heavy atom. The number of nitrogens with zero attached hydrogens (tertiary/aromatic N) is 2. The van der Waals surface area contributed by atoms with E-state index in [1.165, 1.54) is 24.1 Å². The molecule has 0 radical (unpaired) electrons. The maximum absolute atomic E-state index is 10.7. The summed E-state index contributed by atoms with van der Waals surface area (Å²) in [5, 5.41) is 10.7. The van der Waals surface area contributed by atoms with E-state index in [9.17, 15) is 10.1 Å². The summed E-state index contributed by atoms with van der Waals surface area (Å²) in [6, 6.07) is 16.5. The molecule has 0 aliphatic heterocycles. The fraction of sp³-hybridized carbons (Fsp3) is 0.235. The van der Waals surface area contributed by atoms with Crippen LogP contribution < -0.4 is 0 Å². The Kier molecular flexibility index (Phi) is 4.98. The first-order chi connectivity index (χ1) is 10.4. The topological polar surface area (TPSA) is 55.5 Å². The number of hydrogen-bond donors (Lipinski definition) is 0. The van der Waals surface area contributed by atoms with E-state index in [2.05, 4.69) is 25.2 Å². The van der Waals surface area contributed by atoms with Crippen molar-refractivity contribution in [1.29, 1.82) is 0 Å². The highest BCUT2D eigenvalue weighted by Gasteiger charge is 2.20. The molecule has 0 amide bonds. The summed E-state index contributed by atoms with van der Waals surface area (Å²) in [4.78, 5) is 11.1. The maximum atomic E-state index is 10.7. The van der Waals surface area contributed by atoms with Gasteiger partial charge in [-0.3, -0.25) is 10.1 Å². The Balaban J connectivity index is 2.26. The average molecular weight is 314 g/mol. The van der Waals surface area contributed by atoms with Crippen LogP contribution in [0.25, 0.3) is 0 Å². The lowest BCUT2D eigenvalue weighted by Crippen LogP contribution is -2.21. The lowest BCUT2D eigenvalue weighted by Gasteiger charge is -2.21. The molecule has 22 heavy (non-hydrogen) atoms. The number of non-ortho nitro benzene ring substituents is 1. The minimum absolute atomic E-state index is 0.0882. The van der Waals surface area contributed by atoms with E-state index in [0.717, 1.165) is 16.2 Å². The van der Waals surface area contributed by atoms with E-state index in [1.807, 2.05) is 30.3 Å². The minimum Gasteiger partial charge on any atom is -0.258 e. The summed E-state index contributed by atoms with van der Waals surface area (Å²) < 4.78 is 4.67.